The van der Waals surface area contributed by atoms with Gasteiger partial charge in [-0.1, -0.05) is 38.3 Å². The first-order valence-corrected chi connectivity index (χ1v) is 6.48. The molecule has 0 aromatic heterocycles. The van der Waals surface area contributed by atoms with E-state index in [1.54, 1.807) is 7.11 Å². The van der Waals surface area contributed by atoms with Gasteiger partial charge in [-0.15, -0.1) is 24.0 Å². The average molecular weight is 377 g/mol. The molecule has 0 atom stereocenters. The Balaban J connectivity index is 0.00000324. The van der Waals surface area contributed by atoms with Crippen molar-refractivity contribution in [2.45, 2.75) is 32.6 Å². The molecular weight excluding hydrogens is 353 g/mol. The van der Waals surface area contributed by atoms with E-state index in [0.717, 1.165) is 24.4 Å². The normalized spacial score (nSPS) is 10.7. The Labute approximate surface area is 132 Å². The number of rotatable bonds is 7. The molecule has 0 saturated heterocycles. The first-order valence-electron chi connectivity index (χ1n) is 6.48. The largest absolute Gasteiger partial charge is 0.495 e. The first kappa shape index (κ1) is 18.0. The van der Waals surface area contributed by atoms with E-state index in [4.69, 9.17) is 10.5 Å². The molecule has 19 heavy (non-hydrogen) atoms. The second-order valence-corrected chi connectivity index (χ2v) is 4.15. The first-order chi connectivity index (χ1) is 8.77. The van der Waals surface area contributed by atoms with Gasteiger partial charge < -0.3 is 15.8 Å². The van der Waals surface area contributed by atoms with Gasteiger partial charge in [0.25, 0.3) is 0 Å². The highest BCUT2D eigenvalue weighted by molar-refractivity contribution is 14.0. The third kappa shape index (κ3) is 7.25. The highest BCUT2D eigenvalue weighted by Gasteiger charge is 2.01. The number of benzene rings is 1. The van der Waals surface area contributed by atoms with Crippen LogP contribution in [0.1, 0.15) is 32.6 Å². The van der Waals surface area contributed by atoms with Crippen LogP contribution in [-0.4, -0.2) is 19.6 Å². The van der Waals surface area contributed by atoms with Crippen LogP contribution in [0.2, 0.25) is 0 Å². The fourth-order valence-corrected chi connectivity index (χ4v) is 1.66. The van der Waals surface area contributed by atoms with E-state index >= 15 is 0 Å². The van der Waals surface area contributed by atoms with Crippen LogP contribution in [0.3, 0.4) is 0 Å². The molecule has 0 fully saturated rings. The number of nitrogens with zero attached hydrogens (tertiary/aromatic N) is 1. The molecule has 4 nitrogen and oxygen atoms in total. The molecule has 0 bridgehead atoms. The summed E-state index contributed by atoms with van der Waals surface area (Å²) in [5.41, 5.74) is 6.67. The maximum Gasteiger partial charge on any atom is 0.193 e. The van der Waals surface area contributed by atoms with Crippen LogP contribution in [0.4, 0.5) is 5.69 Å². The van der Waals surface area contributed by atoms with Gasteiger partial charge in [-0.3, -0.25) is 4.99 Å². The molecule has 108 valence electrons. The molecule has 0 spiro atoms. The maximum absolute atomic E-state index is 5.83. The summed E-state index contributed by atoms with van der Waals surface area (Å²) < 4.78 is 5.23. The highest BCUT2D eigenvalue weighted by atomic mass is 127. The van der Waals surface area contributed by atoms with Crippen LogP contribution in [0.25, 0.3) is 0 Å². The molecule has 5 heteroatoms. The number of anilines is 1. The molecule has 0 amide bonds. The number of methoxy groups -OCH3 is 1. The molecule has 0 unspecified atom stereocenters. The lowest BCUT2D eigenvalue weighted by molar-refractivity contribution is 0.417. The number of guanidine groups is 1. The van der Waals surface area contributed by atoms with E-state index in [1.165, 1.54) is 19.3 Å². The van der Waals surface area contributed by atoms with Crippen molar-refractivity contribution in [2.24, 2.45) is 10.7 Å². The van der Waals surface area contributed by atoms with Crippen molar-refractivity contribution in [3.05, 3.63) is 24.3 Å². The number of unbranched alkanes of at least 4 members (excludes halogenated alkanes) is 3. The Morgan fingerprint density at radius 2 is 2.00 bits per heavy atom. The van der Waals surface area contributed by atoms with E-state index < -0.39 is 0 Å². The summed E-state index contributed by atoms with van der Waals surface area (Å²) in [6.45, 7) is 2.97. The van der Waals surface area contributed by atoms with Gasteiger partial charge in [0.15, 0.2) is 5.96 Å². The second kappa shape index (κ2) is 10.9. The minimum Gasteiger partial charge on any atom is -0.495 e. The third-order valence-corrected chi connectivity index (χ3v) is 2.66. The van der Waals surface area contributed by atoms with E-state index in [-0.39, 0.29) is 24.0 Å². The van der Waals surface area contributed by atoms with Gasteiger partial charge >= 0.3 is 0 Å². The third-order valence-electron chi connectivity index (χ3n) is 2.66. The van der Waals surface area contributed by atoms with Gasteiger partial charge in [0.2, 0.25) is 0 Å². The van der Waals surface area contributed by atoms with Crippen molar-refractivity contribution >= 4 is 35.6 Å². The number of nitrogens with one attached hydrogen (secondary N) is 1. The number of halogens is 1. The zero-order valence-electron chi connectivity index (χ0n) is 11.7. The molecule has 0 saturated carbocycles. The van der Waals surface area contributed by atoms with Gasteiger partial charge in [-0.2, -0.15) is 0 Å². The minimum absolute atomic E-state index is 0. The minimum atomic E-state index is 0. The lowest BCUT2D eigenvalue weighted by Gasteiger charge is -2.09. The van der Waals surface area contributed by atoms with Crippen molar-refractivity contribution in [3.63, 3.8) is 0 Å². The zero-order valence-corrected chi connectivity index (χ0v) is 14.0. The Bertz CT molecular complexity index is 383. The van der Waals surface area contributed by atoms with Gasteiger partial charge in [0.05, 0.1) is 12.8 Å². The number of para-hydroxylation sites is 2. The van der Waals surface area contributed by atoms with Crippen LogP contribution in [0.15, 0.2) is 29.3 Å². The van der Waals surface area contributed by atoms with Crippen molar-refractivity contribution in [3.8, 4) is 5.75 Å². The van der Waals surface area contributed by atoms with Crippen LogP contribution in [0.5, 0.6) is 5.75 Å². The standard InChI is InChI=1S/C14H23N3O.HI/c1-3-4-5-8-11-16-14(15)17-12-9-6-7-10-13(12)18-2;/h6-7,9-10H,3-5,8,11H2,1-2H3,(H3,15,16,17);1H. The number of hydrogen-bond acceptors (Lipinski definition) is 2. The molecule has 1 aromatic carbocycles. The average Bonchev–Trinajstić information content (AvgIpc) is 2.39. The van der Waals surface area contributed by atoms with Crippen molar-refractivity contribution in [1.29, 1.82) is 0 Å². The lowest BCUT2D eigenvalue weighted by atomic mass is 10.2. The zero-order chi connectivity index (χ0) is 13.2. The maximum atomic E-state index is 5.83. The summed E-state index contributed by atoms with van der Waals surface area (Å²) in [4.78, 5) is 4.29. The topological polar surface area (TPSA) is 59.6 Å². The van der Waals surface area contributed by atoms with E-state index in [0.29, 0.717) is 5.96 Å². The molecule has 0 heterocycles. The Morgan fingerprint density at radius 1 is 1.26 bits per heavy atom. The van der Waals surface area contributed by atoms with Crippen molar-refractivity contribution in [2.75, 3.05) is 19.0 Å². The number of hydrogen-bond donors (Lipinski definition) is 2. The fourth-order valence-electron chi connectivity index (χ4n) is 1.66. The smallest absolute Gasteiger partial charge is 0.193 e. The summed E-state index contributed by atoms with van der Waals surface area (Å²) in [5.74, 6) is 1.21. The predicted octanol–water partition coefficient (Wildman–Crippen LogP) is 3.62. The Hall–Kier alpha value is -0.980. The van der Waals surface area contributed by atoms with E-state index in [1.807, 2.05) is 24.3 Å². The molecule has 0 radical (unpaired) electrons. The lowest BCUT2D eigenvalue weighted by Crippen LogP contribution is -2.23. The van der Waals surface area contributed by atoms with Crippen LogP contribution >= 0.6 is 24.0 Å². The predicted molar refractivity (Wildman–Crippen MR) is 92.7 cm³/mol. The number of ether oxygens (including phenoxy) is 1. The summed E-state index contributed by atoms with van der Waals surface area (Å²) >= 11 is 0. The Kier molecular flexibility index (Phi) is 10.3. The van der Waals surface area contributed by atoms with Crippen LogP contribution in [-0.2, 0) is 0 Å². The fraction of sp³-hybridized carbons (Fsp3) is 0.500. The molecule has 1 rings (SSSR count). The van der Waals surface area contributed by atoms with E-state index in [2.05, 4.69) is 17.2 Å². The molecule has 0 aliphatic carbocycles. The van der Waals surface area contributed by atoms with Gasteiger partial charge in [-0.25, -0.2) is 0 Å². The summed E-state index contributed by atoms with van der Waals surface area (Å²) in [6.07, 6.45) is 4.79. The van der Waals surface area contributed by atoms with E-state index in [9.17, 15) is 0 Å². The van der Waals surface area contributed by atoms with Gasteiger partial charge in [-0.05, 0) is 18.6 Å². The molecular formula is C14H24IN3O. The molecule has 0 aliphatic heterocycles. The molecule has 3 N–H and O–H groups in total. The highest BCUT2D eigenvalue weighted by Crippen LogP contribution is 2.22. The van der Waals surface area contributed by atoms with Crippen LogP contribution in [0, 0.1) is 0 Å². The van der Waals surface area contributed by atoms with Gasteiger partial charge in [0, 0.05) is 6.54 Å². The van der Waals surface area contributed by atoms with Crippen molar-refractivity contribution < 1.29 is 4.74 Å². The monoisotopic (exact) mass is 377 g/mol. The number of aliphatic imine (C=N–C) groups is 1. The summed E-state index contributed by atoms with van der Waals surface area (Å²) in [7, 11) is 1.64. The SMILES string of the molecule is CCCCCCN=C(N)Nc1ccccc1OC.I. The van der Waals surface area contributed by atoms with Gasteiger partial charge in [0.1, 0.15) is 5.75 Å². The summed E-state index contributed by atoms with van der Waals surface area (Å²) in [5, 5.41) is 3.06. The molecule has 0 aliphatic rings. The van der Waals surface area contributed by atoms with Crippen molar-refractivity contribution in [1.82, 2.24) is 0 Å². The number of nitrogens with two attached hydrogens (primary N) is 1. The summed E-state index contributed by atoms with van der Waals surface area (Å²) in [6, 6.07) is 7.65. The Morgan fingerprint density at radius 3 is 2.68 bits per heavy atom. The molecule has 1 aromatic rings. The quantitative estimate of drug-likeness (QED) is 0.330. The second-order valence-electron chi connectivity index (χ2n) is 4.15. The van der Waals surface area contributed by atoms with Crippen LogP contribution < -0.4 is 15.8 Å².